The van der Waals surface area contributed by atoms with E-state index in [1.165, 1.54) is 4.90 Å². The molecule has 120 valence electrons. The van der Waals surface area contributed by atoms with Crippen molar-refractivity contribution in [1.82, 2.24) is 10.1 Å². The van der Waals surface area contributed by atoms with E-state index in [0.29, 0.717) is 30.0 Å². The van der Waals surface area contributed by atoms with Crippen molar-refractivity contribution in [2.24, 2.45) is 0 Å². The van der Waals surface area contributed by atoms with Crippen molar-refractivity contribution in [1.29, 1.82) is 0 Å². The standard InChI is InChI=1S/C17H18N2O4/c1-10-14(11(2)23-18-10)9-15(20)19-8-7-12-5-3-4-6-13(12)16(19)17(21)22/h3-6,16H,7-9H2,1-2H3,(H,21,22). The Kier molecular flexibility index (Phi) is 3.90. The van der Waals surface area contributed by atoms with Crippen LogP contribution in [0.4, 0.5) is 0 Å². The molecule has 1 aliphatic heterocycles. The van der Waals surface area contributed by atoms with Gasteiger partial charge >= 0.3 is 5.97 Å². The molecule has 1 aromatic carbocycles. The van der Waals surface area contributed by atoms with Crippen molar-refractivity contribution in [2.45, 2.75) is 32.7 Å². The lowest BCUT2D eigenvalue weighted by molar-refractivity contribution is -0.151. The quantitative estimate of drug-likeness (QED) is 0.937. The largest absolute Gasteiger partial charge is 0.479 e. The zero-order chi connectivity index (χ0) is 16.6. The van der Waals surface area contributed by atoms with Crippen LogP contribution in [0.15, 0.2) is 28.8 Å². The molecule has 2 aromatic rings. The second kappa shape index (κ2) is 5.87. The van der Waals surface area contributed by atoms with Gasteiger partial charge in [0, 0.05) is 12.1 Å². The Morgan fingerprint density at radius 1 is 1.35 bits per heavy atom. The monoisotopic (exact) mass is 314 g/mol. The number of benzene rings is 1. The SMILES string of the molecule is Cc1noc(C)c1CC(=O)N1CCc2ccccc2C1C(=O)O. The first-order valence-electron chi connectivity index (χ1n) is 7.51. The molecule has 6 heteroatoms. The number of nitrogens with zero attached hydrogens (tertiary/aromatic N) is 2. The van der Waals surface area contributed by atoms with Gasteiger partial charge in [0.25, 0.3) is 0 Å². The Bertz CT molecular complexity index is 746. The van der Waals surface area contributed by atoms with E-state index in [1.807, 2.05) is 12.1 Å². The lowest BCUT2D eigenvalue weighted by atomic mass is 9.92. The molecule has 1 unspecified atom stereocenters. The summed E-state index contributed by atoms with van der Waals surface area (Å²) in [6.45, 7) is 3.93. The first kappa shape index (κ1) is 15.3. The van der Waals surface area contributed by atoms with E-state index in [2.05, 4.69) is 5.16 Å². The van der Waals surface area contributed by atoms with Gasteiger partial charge < -0.3 is 14.5 Å². The Balaban J connectivity index is 1.90. The molecule has 0 aliphatic carbocycles. The fraction of sp³-hybridized carbons (Fsp3) is 0.353. The average Bonchev–Trinajstić information content (AvgIpc) is 2.85. The minimum atomic E-state index is -1.01. The van der Waals surface area contributed by atoms with Crippen LogP contribution in [-0.4, -0.2) is 33.6 Å². The molecule has 3 rings (SSSR count). The number of carbonyl (C=O) groups excluding carboxylic acids is 1. The van der Waals surface area contributed by atoms with Gasteiger partial charge in [-0.3, -0.25) is 4.79 Å². The van der Waals surface area contributed by atoms with Crippen LogP contribution in [-0.2, 0) is 22.4 Å². The number of aromatic nitrogens is 1. The average molecular weight is 314 g/mol. The van der Waals surface area contributed by atoms with Crippen molar-refractivity contribution >= 4 is 11.9 Å². The van der Waals surface area contributed by atoms with E-state index in [-0.39, 0.29) is 12.3 Å². The van der Waals surface area contributed by atoms with Gasteiger partial charge in [0.2, 0.25) is 5.91 Å². The molecule has 0 saturated carbocycles. The van der Waals surface area contributed by atoms with Crippen LogP contribution in [0.2, 0.25) is 0 Å². The van der Waals surface area contributed by atoms with Crippen LogP contribution in [0.5, 0.6) is 0 Å². The molecule has 0 radical (unpaired) electrons. The molecule has 1 aromatic heterocycles. The van der Waals surface area contributed by atoms with Crippen LogP contribution < -0.4 is 0 Å². The summed E-state index contributed by atoms with van der Waals surface area (Å²) in [4.78, 5) is 25.9. The highest BCUT2D eigenvalue weighted by Gasteiger charge is 2.36. The first-order chi connectivity index (χ1) is 11.0. The summed E-state index contributed by atoms with van der Waals surface area (Å²) in [7, 11) is 0. The van der Waals surface area contributed by atoms with Crippen LogP contribution in [0.25, 0.3) is 0 Å². The number of aryl methyl sites for hydroxylation is 2. The predicted octanol–water partition coefficient (Wildman–Crippen LogP) is 2.04. The second-order valence-electron chi connectivity index (χ2n) is 5.76. The molecule has 0 spiro atoms. The molecular formula is C17H18N2O4. The lowest BCUT2D eigenvalue weighted by Crippen LogP contribution is -2.44. The third-order valence-corrected chi connectivity index (χ3v) is 4.35. The molecule has 6 nitrogen and oxygen atoms in total. The summed E-state index contributed by atoms with van der Waals surface area (Å²) in [6, 6.07) is 6.45. The molecule has 1 amide bonds. The fourth-order valence-electron chi connectivity index (χ4n) is 3.11. The smallest absolute Gasteiger partial charge is 0.331 e. The van der Waals surface area contributed by atoms with E-state index in [0.717, 1.165) is 11.1 Å². The number of hydrogen-bond acceptors (Lipinski definition) is 4. The van der Waals surface area contributed by atoms with Gasteiger partial charge in [0.15, 0.2) is 6.04 Å². The highest BCUT2D eigenvalue weighted by atomic mass is 16.5. The third kappa shape index (κ3) is 2.72. The molecule has 1 aliphatic rings. The molecule has 1 N–H and O–H groups in total. The maximum Gasteiger partial charge on any atom is 0.331 e. The molecule has 2 heterocycles. The van der Waals surface area contributed by atoms with E-state index in [1.54, 1.807) is 26.0 Å². The number of carboxylic acids is 1. The van der Waals surface area contributed by atoms with Gasteiger partial charge in [-0.15, -0.1) is 0 Å². The highest BCUT2D eigenvalue weighted by molar-refractivity contribution is 5.87. The van der Waals surface area contributed by atoms with E-state index in [9.17, 15) is 14.7 Å². The van der Waals surface area contributed by atoms with Crippen LogP contribution in [0.1, 0.15) is 34.2 Å². The zero-order valence-electron chi connectivity index (χ0n) is 13.1. The normalized spacial score (nSPS) is 17.0. The summed E-state index contributed by atoms with van der Waals surface area (Å²) in [5.74, 6) is -0.634. The van der Waals surface area contributed by atoms with Crippen molar-refractivity contribution in [3.8, 4) is 0 Å². The van der Waals surface area contributed by atoms with Gasteiger partial charge in [-0.05, 0) is 31.4 Å². The number of hydrogen-bond donors (Lipinski definition) is 1. The molecule has 0 fully saturated rings. The molecular weight excluding hydrogens is 296 g/mol. The first-order valence-corrected chi connectivity index (χ1v) is 7.51. The summed E-state index contributed by atoms with van der Waals surface area (Å²) in [5, 5.41) is 13.5. The van der Waals surface area contributed by atoms with Crippen molar-refractivity contribution in [3.05, 3.63) is 52.4 Å². The van der Waals surface area contributed by atoms with Crippen molar-refractivity contribution < 1.29 is 19.2 Å². The summed E-state index contributed by atoms with van der Waals surface area (Å²) in [5.41, 5.74) is 3.08. The van der Waals surface area contributed by atoms with Crippen LogP contribution >= 0.6 is 0 Å². The Morgan fingerprint density at radius 2 is 2.09 bits per heavy atom. The van der Waals surface area contributed by atoms with Gasteiger partial charge in [0.05, 0.1) is 12.1 Å². The van der Waals surface area contributed by atoms with Gasteiger partial charge in [-0.25, -0.2) is 4.79 Å². The van der Waals surface area contributed by atoms with E-state index in [4.69, 9.17) is 4.52 Å². The maximum atomic E-state index is 12.7. The second-order valence-corrected chi connectivity index (χ2v) is 5.76. The number of carbonyl (C=O) groups is 2. The Morgan fingerprint density at radius 3 is 2.74 bits per heavy atom. The minimum Gasteiger partial charge on any atom is -0.479 e. The third-order valence-electron chi connectivity index (χ3n) is 4.35. The van der Waals surface area contributed by atoms with E-state index < -0.39 is 12.0 Å². The number of amides is 1. The summed E-state index contributed by atoms with van der Waals surface area (Å²) < 4.78 is 5.08. The van der Waals surface area contributed by atoms with E-state index >= 15 is 0 Å². The van der Waals surface area contributed by atoms with Gasteiger partial charge in [-0.2, -0.15) is 0 Å². The highest BCUT2D eigenvalue weighted by Crippen LogP contribution is 2.30. The maximum absolute atomic E-state index is 12.7. The number of fused-ring (bicyclic) bond motifs is 1. The zero-order valence-corrected chi connectivity index (χ0v) is 13.1. The number of carboxylic acid groups (broad SMARTS) is 1. The summed E-state index contributed by atoms with van der Waals surface area (Å²) in [6.07, 6.45) is 0.764. The van der Waals surface area contributed by atoms with Crippen LogP contribution in [0.3, 0.4) is 0 Å². The minimum absolute atomic E-state index is 0.104. The molecule has 23 heavy (non-hydrogen) atoms. The lowest BCUT2D eigenvalue weighted by Gasteiger charge is -2.34. The van der Waals surface area contributed by atoms with Crippen molar-refractivity contribution in [3.63, 3.8) is 0 Å². The van der Waals surface area contributed by atoms with Crippen molar-refractivity contribution in [2.75, 3.05) is 6.54 Å². The number of aliphatic carboxylic acids is 1. The topological polar surface area (TPSA) is 83.6 Å². The molecule has 0 bridgehead atoms. The Labute approximate surface area is 133 Å². The number of rotatable bonds is 3. The summed E-state index contributed by atoms with van der Waals surface area (Å²) >= 11 is 0. The van der Waals surface area contributed by atoms with Crippen LogP contribution in [0, 0.1) is 13.8 Å². The van der Waals surface area contributed by atoms with Gasteiger partial charge in [-0.1, -0.05) is 29.4 Å². The Hall–Kier alpha value is -2.63. The molecule has 1 atom stereocenters. The predicted molar refractivity (Wildman–Crippen MR) is 81.9 cm³/mol. The van der Waals surface area contributed by atoms with Gasteiger partial charge in [0.1, 0.15) is 5.76 Å². The fourth-order valence-corrected chi connectivity index (χ4v) is 3.11. The molecule has 0 saturated heterocycles.